The third kappa shape index (κ3) is 4.66. The summed E-state index contributed by atoms with van der Waals surface area (Å²) in [5, 5.41) is 0. The van der Waals surface area contributed by atoms with Crippen LogP contribution in [-0.2, 0) is 0 Å². The van der Waals surface area contributed by atoms with Crippen LogP contribution in [0.1, 0.15) is 0 Å². The number of rotatable bonds is 1. The van der Waals surface area contributed by atoms with Crippen LogP contribution in [0, 0.1) is 0 Å². The van der Waals surface area contributed by atoms with Crippen LogP contribution in [0.25, 0.3) is 0 Å². The number of hydrogen-bond donors (Lipinski definition) is 0. The standard InChI is InChI=1S/C2H3.3CH3.Pb/c1-2;;;;/h1H,2H2;3*1H3;. The van der Waals surface area contributed by atoms with E-state index < -0.39 is 21.2 Å². The normalized spacial score (nSPS) is 11.2. The quantitative estimate of drug-likeness (QED) is 0.645. The maximum absolute atomic E-state index is 3.73. The van der Waals surface area contributed by atoms with E-state index in [1.807, 2.05) is 0 Å². The number of hydrogen-bond acceptors (Lipinski definition) is 0. The van der Waals surface area contributed by atoms with Crippen LogP contribution in [0.5, 0.6) is 0 Å². The molecule has 0 fully saturated rings. The third-order valence-corrected chi connectivity index (χ3v) is 5.37. The fraction of sp³-hybridized carbons (Fsp3) is 0.600. The first-order valence-electron chi connectivity index (χ1n) is 2.20. The molecule has 0 rings (SSSR count). The van der Waals surface area contributed by atoms with Crippen molar-refractivity contribution in [3.63, 3.8) is 0 Å². The summed E-state index contributed by atoms with van der Waals surface area (Å²) >= 11 is -1.57. The van der Waals surface area contributed by atoms with E-state index in [0.29, 0.717) is 0 Å². The summed E-state index contributed by atoms with van der Waals surface area (Å²) < 4.78 is 9.20. The molecule has 0 atom stereocenters. The molecule has 6 heavy (non-hydrogen) atoms. The Kier molecular flexibility index (Phi) is 2.33. The Labute approximate surface area is 44.9 Å². The molecule has 0 saturated carbocycles. The van der Waals surface area contributed by atoms with Crippen molar-refractivity contribution < 1.29 is 0 Å². The Bertz CT molecular complexity index is 49.4. The van der Waals surface area contributed by atoms with E-state index in [1.165, 1.54) is 0 Å². The van der Waals surface area contributed by atoms with E-state index in [1.54, 1.807) is 0 Å². The van der Waals surface area contributed by atoms with Gasteiger partial charge < -0.3 is 0 Å². The molecule has 0 N–H and O–H groups in total. The Morgan fingerprint density at radius 1 is 1.33 bits per heavy atom. The predicted molar refractivity (Wildman–Crippen MR) is 33.5 cm³/mol. The van der Waals surface area contributed by atoms with Crippen molar-refractivity contribution in [3.8, 4) is 0 Å². The van der Waals surface area contributed by atoms with Crippen LogP contribution >= 0.6 is 0 Å². The first-order valence-corrected chi connectivity index (χ1v) is 16.1. The van der Waals surface area contributed by atoms with E-state index in [-0.39, 0.29) is 0 Å². The maximum atomic E-state index is 3.73. The van der Waals surface area contributed by atoms with Crippen LogP contribution in [0.2, 0.25) is 13.4 Å². The Balaban J connectivity index is 3.45. The van der Waals surface area contributed by atoms with Crippen molar-refractivity contribution in [1.82, 2.24) is 0 Å². The second kappa shape index (κ2) is 2.10. The van der Waals surface area contributed by atoms with Crippen LogP contribution in [0.15, 0.2) is 10.2 Å². The molecule has 0 radical (unpaired) electrons. The van der Waals surface area contributed by atoms with Crippen molar-refractivity contribution in [2.75, 3.05) is 0 Å². The minimum atomic E-state index is -1.57. The molecule has 0 aliphatic rings. The predicted octanol–water partition coefficient (Wildman–Crippen LogP) is 2.05. The molecular formula is C5H12Pb. The van der Waals surface area contributed by atoms with E-state index in [9.17, 15) is 0 Å². The average molecular weight is 279 g/mol. The summed E-state index contributed by atoms with van der Waals surface area (Å²) in [5.41, 5.74) is 0. The van der Waals surface area contributed by atoms with E-state index in [2.05, 4.69) is 23.7 Å². The molecule has 0 unspecified atom stereocenters. The van der Waals surface area contributed by atoms with E-state index in [4.69, 9.17) is 0 Å². The molecule has 0 aromatic rings. The van der Waals surface area contributed by atoms with Gasteiger partial charge in [-0.05, 0) is 0 Å². The second-order valence-electron chi connectivity index (χ2n) is 2.57. The summed E-state index contributed by atoms with van der Waals surface area (Å²) in [6.07, 6.45) is 0. The third-order valence-electron chi connectivity index (χ3n) is 0.612. The van der Waals surface area contributed by atoms with Crippen molar-refractivity contribution in [1.29, 1.82) is 0 Å². The van der Waals surface area contributed by atoms with Gasteiger partial charge in [0, 0.05) is 0 Å². The zero-order valence-electron chi connectivity index (χ0n) is 4.78. The molecule has 0 amide bonds. The van der Waals surface area contributed by atoms with Gasteiger partial charge in [0.25, 0.3) is 0 Å². The summed E-state index contributed by atoms with van der Waals surface area (Å²) in [7, 11) is 0. The van der Waals surface area contributed by atoms with Crippen molar-refractivity contribution in [2.24, 2.45) is 0 Å². The van der Waals surface area contributed by atoms with Gasteiger partial charge in [0.1, 0.15) is 0 Å². The van der Waals surface area contributed by atoms with Crippen molar-refractivity contribution in [2.45, 2.75) is 13.4 Å². The first kappa shape index (κ1) is 6.66. The van der Waals surface area contributed by atoms with Crippen LogP contribution in [-0.4, -0.2) is 21.2 Å². The van der Waals surface area contributed by atoms with Crippen LogP contribution < -0.4 is 0 Å². The van der Waals surface area contributed by atoms with Gasteiger partial charge in [-0.2, -0.15) is 0 Å². The molecule has 0 aromatic heterocycles. The van der Waals surface area contributed by atoms with Gasteiger partial charge >= 0.3 is 44.8 Å². The average Bonchev–Trinajstić information content (AvgIpc) is 1.35. The molecule has 1 heteroatoms. The van der Waals surface area contributed by atoms with Gasteiger partial charge in [-0.3, -0.25) is 0 Å². The summed E-state index contributed by atoms with van der Waals surface area (Å²) in [4.78, 5) is 0. The van der Waals surface area contributed by atoms with Crippen LogP contribution in [0.4, 0.5) is 0 Å². The van der Waals surface area contributed by atoms with Gasteiger partial charge in [0.15, 0.2) is 0 Å². The molecule has 0 aliphatic carbocycles. The van der Waals surface area contributed by atoms with Gasteiger partial charge in [-0.15, -0.1) is 0 Å². The first-order chi connectivity index (χ1) is 2.56. The molecular weight excluding hydrogens is 267 g/mol. The fourth-order valence-electron chi connectivity index (χ4n) is 0. The van der Waals surface area contributed by atoms with Gasteiger partial charge in [0.05, 0.1) is 0 Å². The van der Waals surface area contributed by atoms with Crippen molar-refractivity contribution >= 4 is 21.2 Å². The van der Waals surface area contributed by atoms with Gasteiger partial charge in [-0.25, -0.2) is 0 Å². The van der Waals surface area contributed by atoms with E-state index in [0.717, 1.165) is 0 Å². The molecule has 0 heterocycles. The second-order valence-corrected chi connectivity index (χ2v) is 22.6. The van der Waals surface area contributed by atoms with Crippen LogP contribution in [0.3, 0.4) is 0 Å². The fourth-order valence-corrected chi connectivity index (χ4v) is 0. The monoisotopic (exact) mass is 280 g/mol. The van der Waals surface area contributed by atoms with E-state index >= 15 is 0 Å². The zero-order chi connectivity index (χ0) is 5.21. The van der Waals surface area contributed by atoms with Crippen molar-refractivity contribution in [3.05, 3.63) is 10.2 Å². The zero-order valence-corrected chi connectivity index (χ0v) is 8.67. The van der Waals surface area contributed by atoms with Gasteiger partial charge in [-0.1, -0.05) is 0 Å². The summed E-state index contributed by atoms with van der Waals surface area (Å²) in [5.74, 6) is 0. The summed E-state index contributed by atoms with van der Waals surface area (Å²) in [6.45, 7) is 3.73. The Morgan fingerprint density at radius 3 is 1.50 bits per heavy atom. The Hall–Kier alpha value is 0.662. The SMILES string of the molecule is C=[CH][Pb]([CH3])([CH3])[CH3]. The van der Waals surface area contributed by atoms with Gasteiger partial charge in [0.2, 0.25) is 0 Å². The molecule has 0 spiro atoms. The molecule has 0 nitrogen and oxygen atoms in total. The molecule has 0 saturated heterocycles. The summed E-state index contributed by atoms with van der Waals surface area (Å²) in [6, 6.07) is 0. The Morgan fingerprint density at radius 2 is 1.50 bits per heavy atom. The molecule has 36 valence electrons. The molecule has 0 aliphatic heterocycles. The topological polar surface area (TPSA) is 0 Å². The molecule has 0 aromatic carbocycles. The molecule has 0 bridgehead atoms. The minimum absolute atomic E-state index is 1.57.